The monoisotopic (exact) mass is 347 g/mol. The van der Waals surface area contributed by atoms with Crippen molar-refractivity contribution in [3.63, 3.8) is 0 Å². The van der Waals surface area contributed by atoms with E-state index in [1.807, 2.05) is 19.2 Å². The molecule has 1 saturated heterocycles. The van der Waals surface area contributed by atoms with Crippen LogP contribution in [0.15, 0.2) is 47.2 Å². The number of rotatable bonds is 3. The Morgan fingerprint density at radius 3 is 2.77 bits per heavy atom. The lowest BCUT2D eigenvalue weighted by atomic mass is 9.99. The summed E-state index contributed by atoms with van der Waals surface area (Å²) < 4.78 is 5.56. The highest BCUT2D eigenvalue weighted by atomic mass is 16.3. The Labute approximate surface area is 154 Å². The number of nitrogens with zero attached hydrogens (tertiary/aromatic N) is 3. The molecular weight excluding hydrogens is 322 g/mol. The molecule has 0 bridgehead atoms. The highest BCUT2D eigenvalue weighted by molar-refractivity contribution is 5.81. The van der Waals surface area contributed by atoms with Crippen LogP contribution in [0.4, 0.5) is 5.95 Å². The molecule has 0 radical (unpaired) electrons. The van der Waals surface area contributed by atoms with Gasteiger partial charge < -0.3 is 9.32 Å². The maximum absolute atomic E-state index is 5.56. The molecule has 0 saturated carbocycles. The molecule has 0 amide bonds. The molecule has 0 N–H and O–H groups in total. The topological polar surface area (TPSA) is 42.2 Å². The van der Waals surface area contributed by atoms with Gasteiger partial charge in [-0.05, 0) is 44.2 Å². The van der Waals surface area contributed by atoms with Gasteiger partial charge in [0.1, 0.15) is 5.76 Å². The number of aryl methyl sites for hydroxylation is 2. The molecular formula is C22H25N3O. The molecule has 4 heteroatoms. The summed E-state index contributed by atoms with van der Waals surface area (Å²) in [6, 6.07) is 10.5. The fourth-order valence-corrected chi connectivity index (χ4v) is 3.76. The van der Waals surface area contributed by atoms with Crippen LogP contribution in [0.1, 0.15) is 31.1 Å². The smallest absolute Gasteiger partial charge is 0.225 e. The fraction of sp³-hybridized carbons (Fsp3) is 0.364. The van der Waals surface area contributed by atoms with Crippen molar-refractivity contribution in [2.45, 2.75) is 33.6 Å². The first-order valence-electron chi connectivity index (χ1n) is 9.35. The summed E-state index contributed by atoms with van der Waals surface area (Å²) in [4.78, 5) is 12.0. The largest absolute Gasteiger partial charge is 0.469 e. The molecule has 4 rings (SSSR count). The average Bonchev–Trinajstić information content (AvgIpc) is 3.07. The molecule has 2 aromatic heterocycles. The van der Waals surface area contributed by atoms with E-state index in [-0.39, 0.29) is 0 Å². The number of hydrogen-bond donors (Lipinski definition) is 0. The van der Waals surface area contributed by atoms with Crippen LogP contribution < -0.4 is 4.90 Å². The van der Waals surface area contributed by atoms with E-state index < -0.39 is 0 Å². The Morgan fingerprint density at radius 2 is 2.04 bits per heavy atom. The van der Waals surface area contributed by atoms with E-state index in [4.69, 9.17) is 14.4 Å². The first-order chi connectivity index (χ1) is 12.6. The van der Waals surface area contributed by atoms with Crippen LogP contribution >= 0.6 is 0 Å². The molecule has 0 aliphatic carbocycles. The highest BCUT2D eigenvalue weighted by Gasteiger charge is 2.21. The van der Waals surface area contributed by atoms with Gasteiger partial charge in [-0.25, -0.2) is 9.97 Å². The maximum Gasteiger partial charge on any atom is 0.225 e. The zero-order valence-electron chi connectivity index (χ0n) is 15.7. The van der Waals surface area contributed by atoms with Crippen LogP contribution in [0.5, 0.6) is 0 Å². The van der Waals surface area contributed by atoms with Gasteiger partial charge in [-0.15, -0.1) is 0 Å². The SMILES string of the molecule is Cc1cccc(-c2cnc(N3CCCC(C)C3)nc2-c2ccoc2C)c1. The molecule has 1 unspecified atom stereocenters. The first kappa shape index (κ1) is 16.8. The van der Waals surface area contributed by atoms with E-state index >= 15 is 0 Å². The minimum absolute atomic E-state index is 0.683. The number of hydrogen-bond acceptors (Lipinski definition) is 4. The van der Waals surface area contributed by atoms with Gasteiger partial charge in [0.2, 0.25) is 5.95 Å². The lowest BCUT2D eigenvalue weighted by Gasteiger charge is -2.31. The minimum atomic E-state index is 0.683. The minimum Gasteiger partial charge on any atom is -0.469 e. The molecule has 3 aromatic rings. The van der Waals surface area contributed by atoms with Gasteiger partial charge >= 0.3 is 0 Å². The standard InChI is InChI=1S/C22H25N3O/c1-15-6-4-8-18(12-15)20-13-23-22(25-10-5-7-16(2)14-25)24-21(20)19-9-11-26-17(19)3/h4,6,8-9,11-13,16H,5,7,10,14H2,1-3H3. The third kappa shape index (κ3) is 3.24. The third-order valence-electron chi connectivity index (χ3n) is 5.16. The van der Waals surface area contributed by atoms with E-state index in [2.05, 4.69) is 43.0 Å². The predicted octanol–water partition coefficient (Wildman–Crippen LogP) is 5.26. The van der Waals surface area contributed by atoms with Crippen LogP contribution in [-0.2, 0) is 0 Å². The van der Waals surface area contributed by atoms with Crippen LogP contribution in [0.3, 0.4) is 0 Å². The molecule has 1 aliphatic heterocycles. The molecule has 1 aromatic carbocycles. The number of anilines is 1. The van der Waals surface area contributed by atoms with Crippen molar-refractivity contribution in [3.05, 3.63) is 54.1 Å². The lowest BCUT2D eigenvalue weighted by molar-refractivity contribution is 0.442. The van der Waals surface area contributed by atoms with E-state index in [9.17, 15) is 0 Å². The van der Waals surface area contributed by atoms with Gasteiger partial charge in [0.05, 0.1) is 12.0 Å². The number of furan rings is 1. The first-order valence-corrected chi connectivity index (χ1v) is 9.35. The second-order valence-electron chi connectivity index (χ2n) is 7.39. The van der Waals surface area contributed by atoms with Crippen molar-refractivity contribution in [2.75, 3.05) is 18.0 Å². The quantitative estimate of drug-likeness (QED) is 0.648. The molecule has 26 heavy (non-hydrogen) atoms. The summed E-state index contributed by atoms with van der Waals surface area (Å²) in [6.45, 7) is 8.44. The van der Waals surface area contributed by atoms with Gasteiger partial charge in [-0.1, -0.05) is 36.8 Å². The Kier molecular flexibility index (Phi) is 4.49. The zero-order chi connectivity index (χ0) is 18.1. The second kappa shape index (κ2) is 6.94. The predicted molar refractivity (Wildman–Crippen MR) is 105 cm³/mol. The zero-order valence-corrected chi connectivity index (χ0v) is 15.7. The summed E-state index contributed by atoms with van der Waals surface area (Å²) >= 11 is 0. The summed E-state index contributed by atoms with van der Waals surface area (Å²) in [5, 5.41) is 0. The Hall–Kier alpha value is -2.62. The van der Waals surface area contributed by atoms with Gasteiger partial charge in [0, 0.05) is 30.4 Å². The van der Waals surface area contributed by atoms with E-state index in [0.29, 0.717) is 5.92 Å². The molecule has 0 spiro atoms. The Balaban J connectivity index is 1.83. The molecule has 134 valence electrons. The van der Waals surface area contributed by atoms with Crippen molar-refractivity contribution < 1.29 is 4.42 Å². The van der Waals surface area contributed by atoms with Crippen LogP contribution in [0.25, 0.3) is 22.4 Å². The number of benzene rings is 1. The van der Waals surface area contributed by atoms with Crippen molar-refractivity contribution >= 4 is 5.95 Å². The van der Waals surface area contributed by atoms with E-state index in [1.54, 1.807) is 6.26 Å². The maximum atomic E-state index is 5.56. The summed E-state index contributed by atoms with van der Waals surface area (Å²) in [7, 11) is 0. The van der Waals surface area contributed by atoms with Crippen molar-refractivity contribution in [3.8, 4) is 22.4 Å². The molecule has 1 fully saturated rings. The van der Waals surface area contributed by atoms with Crippen molar-refractivity contribution in [1.29, 1.82) is 0 Å². The number of piperidine rings is 1. The van der Waals surface area contributed by atoms with Crippen molar-refractivity contribution in [2.24, 2.45) is 5.92 Å². The Bertz CT molecular complexity index is 915. The van der Waals surface area contributed by atoms with Crippen LogP contribution in [-0.4, -0.2) is 23.1 Å². The van der Waals surface area contributed by atoms with Gasteiger partial charge in [0.25, 0.3) is 0 Å². The molecule has 1 atom stereocenters. The van der Waals surface area contributed by atoms with Gasteiger partial charge in [0.15, 0.2) is 0 Å². The average molecular weight is 347 g/mol. The van der Waals surface area contributed by atoms with E-state index in [1.165, 1.54) is 18.4 Å². The third-order valence-corrected chi connectivity index (χ3v) is 5.16. The normalized spacial score (nSPS) is 17.5. The Morgan fingerprint density at radius 1 is 1.15 bits per heavy atom. The summed E-state index contributed by atoms with van der Waals surface area (Å²) in [6.07, 6.45) is 6.18. The second-order valence-corrected chi connectivity index (χ2v) is 7.39. The highest BCUT2D eigenvalue weighted by Crippen LogP contribution is 2.34. The van der Waals surface area contributed by atoms with Gasteiger partial charge in [-0.2, -0.15) is 0 Å². The number of aromatic nitrogens is 2. The van der Waals surface area contributed by atoms with Crippen LogP contribution in [0.2, 0.25) is 0 Å². The van der Waals surface area contributed by atoms with E-state index in [0.717, 1.165) is 47.2 Å². The van der Waals surface area contributed by atoms with Gasteiger partial charge in [-0.3, -0.25) is 0 Å². The lowest BCUT2D eigenvalue weighted by Crippen LogP contribution is -2.35. The molecule has 3 heterocycles. The fourth-order valence-electron chi connectivity index (χ4n) is 3.76. The molecule has 4 nitrogen and oxygen atoms in total. The summed E-state index contributed by atoms with van der Waals surface area (Å²) in [5.74, 6) is 2.39. The molecule has 1 aliphatic rings. The van der Waals surface area contributed by atoms with Crippen LogP contribution in [0, 0.1) is 19.8 Å². The summed E-state index contributed by atoms with van der Waals surface area (Å²) in [5.41, 5.74) is 5.40. The van der Waals surface area contributed by atoms with Crippen molar-refractivity contribution in [1.82, 2.24) is 9.97 Å².